The summed E-state index contributed by atoms with van der Waals surface area (Å²) in [5, 5.41) is 6.49. The Balaban J connectivity index is 1.95. The van der Waals surface area contributed by atoms with E-state index in [0.717, 1.165) is 4.52 Å². The second-order valence-corrected chi connectivity index (χ2v) is 5.68. The van der Waals surface area contributed by atoms with Crippen LogP contribution in [0, 0.1) is 6.92 Å². The number of rotatable bonds is 3. The van der Waals surface area contributed by atoms with Crippen LogP contribution in [0.25, 0.3) is 5.78 Å². The van der Waals surface area contributed by atoms with Crippen molar-refractivity contribution in [3.8, 4) is 0 Å². The van der Waals surface area contributed by atoms with Gasteiger partial charge >= 0.3 is 6.18 Å². The lowest BCUT2D eigenvalue weighted by Crippen LogP contribution is -2.22. The van der Waals surface area contributed by atoms with E-state index in [1.165, 1.54) is 11.8 Å². The van der Waals surface area contributed by atoms with Crippen LogP contribution < -0.4 is 10.2 Å². The molecule has 0 spiro atoms. The number of amides is 1. The summed E-state index contributed by atoms with van der Waals surface area (Å²) in [7, 11) is 1.65. The summed E-state index contributed by atoms with van der Waals surface area (Å²) in [6.07, 6.45) is -4.65. The van der Waals surface area contributed by atoms with Gasteiger partial charge in [0.15, 0.2) is 0 Å². The molecule has 0 bridgehead atoms. The van der Waals surface area contributed by atoms with E-state index in [-0.39, 0.29) is 11.7 Å². The number of benzene rings is 1. The van der Waals surface area contributed by atoms with Gasteiger partial charge in [0.25, 0.3) is 11.6 Å². The summed E-state index contributed by atoms with van der Waals surface area (Å²) in [5.74, 6) is -1.22. The van der Waals surface area contributed by atoms with Crippen LogP contribution >= 0.6 is 0 Å². The molecule has 0 atom stereocenters. The molecule has 0 aliphatic carbocycles. The lowest BCUT2D eigenvalue weighted by Gasteiger charge is -2.15. The average molecular weight is 364 g/mol. The van der Waals surface area contributed by atoms with Gasteiger partial charge in [-0.3, -0.25) is 4.79 Å². The van der Waals surface area contributed by atoms with Crippen LogP contribution in [-0.4, -0.2) is 32.5 Å². The van der Waals surface area contributed by atoms with Crippen molar-refractivity contribution in [1.82, 2.24) is 19.6 Å². The smallest absolute Gasteiger partial charge is 0.340 e. The molecule has 0 aliphatic rings. The zero-order valence-corrected chi connectivity index (χ0v) is 14.2. The SMILES string of the molecule is CC(=O)N(C)c1ccc(Nc2cc(C)nc3nc(C(F)(F)F)nn23)cc1. The van der Waals surface area contributed by atoms with Crippen LogP contribution in [0.2, 0.25) is 0 Å². The topological polar surface area (TPSA) is 75.4 Å². The molecule has 0 unspecified atom stereocenters. The number of anilines is 3. The predicted molar refractivity (Wildman–Crippen MR) is 89.3 cm³/mol. The normalized spacial score (nSPS) is 11.6. The molecular weight excluding hydrogens is 349 g/mol. The number of carbonyl (C=O) groups excluding carboxylic acids is 1. The minimum Gasteiger partial charge on any atom is -0.340 e. The molecule has 0 aliphatic heterocycles. The van der Waals surface area contributed by atoms with E-state index in [2.05, 4.69) is 20.4 Å². The van der Waals surface area contributed by atoms with Crippen molar-refractivity contribution in [2.75, 3.05) is 17.3 Å². The fraction of sp³-hybridized carbons (Fsp3) is 0.250. The summed E-state index contributed by atoms with van der Waals surface area (Å²) in [6.45, 7) is 3.10. The highest BCUT2D eigenvalue weighted by Gasteiger charge is 2.36. The second-order valence-electron chi connectivity index (χ2n) is 5.68. The van der Waals surface area contributed by atoms with E-state index in [4.69, 9.17) is 0 Å². The van der Waals surface area contributed by atoms with Crippen molar-refractivity contribution in [3.63, 3.8) is 0 Å². The molecule has 26 heavy (non-hydrogen) atoms. The summed E-state index contributed by atoms with van der Waals surface area (Å²) >= 11 is 0. The first-order valence-corrected chi connectivity index (χ1v) is 7.58. The van der Waals surface area contributed by atoms with Crippen LogP contribution in [0.1, 0.15) is 18.4 Å². The molecule has 2 heterocycles. The van der Waals surface area contributed by atoms with E-state index in [1.807, 2.05) is 0 Å². The molecule has 3 rings (SSSR count). The van der Waals surface area contributed by atoms with Crippen molar-refractivity contribution in [3.05, 3.63) is 41.9 Å². The molecular formula is C16H15F3N6O. The summed E-state index contributed by atoms with van der Waals surface area (Å²) in [6, 6.07) is 8.42. The number of fused-ring (bicyclic) bond motifs is 1. The summed E-state index contributed by atoms with van der Waals surface area (Å²) in [4.78, 5) is 20.3. The number of carbonyl (C=O) groups is 1. The van der Waals surface area contributed by atoms with E-state index < -0.39 is 12.0 Å². The number of halogens is 3. The van der Waals surface area contributed by atoms with Gasteiger partial charge < -0.3 is 10.2 Å². The Morgan fingerprint density at radius 3 is 2.42 bits per heavy atom. The third kappa shape index (κ3) is 3.44. The van der Waals surface area contributed by atoms with Crippen molar-refractivity contribution >= 4 is 28.9 Å². The maximum atomic E-state index is 12.9. The molecule has 1 aromatic carbocycles. The molecule has 2 aromatic heterocycles. The van der Waals surface area contributed by atoms with Gasteiger partial charge in [0.05, 0.1) is 0 Å². The van der Waals surface area contributed by atoms with Gasteiger partial charge in [-0.1, -0.05) is 0 Å². The van der Waals surface area contributed by atoms with E-state index >= 15 is 0 Å². The molecule has 7 nitrogen and oxygen atoms in total. The van der Waals surface area contributed by atoms with Gasteiger partial charge in [-0.2, -0.15) is 22.7 Å². The van der Waals surface area contributed by atoms with Crippen LogP contribution in [0.15, 0.2) is 30.3 Å². The van der Waals surface area contributed by atoms with Gasteiger partial charge in [-0.05, 0) is 31.2 Å². The zero-order chi connectivity index (χ0) is 19.1. The molecule has 10 heteroatoms. The average Bonchev–Trinajstić information content (AvgIpc) is 2.99. The van der Waals surface area contributed by atoms with Gasteiger partial charge in [0.1, 0.15) is 5.82 Å². The first-order chi connectivity index (χ1) is 12.1. The minimum absolute atomic E-state index is 0.112. The minimum atomic E-state index is -4.65. The van der Waals surface area contributed by atoms with Crippen LogP contribution in [-0.2, 0) is 11.0 Å². The number of nitrogens with zero attached hydrogens (tertiary/aromatic N) is 5. The largest absolute Gasteiger partial charge is 0.453 e. The van der Waals surface area contributed by atoms with Crippen LogP contribution in [0.3, 0.4) is 0 Å². The lowest BCUT2D eigenvalue weighted by molar-refractivity contribution is -0.144. The Kier molecular flexibility index (Phi) is 4.26. The molecule has 3 aromatic rings. The van der Waals surface area contributed by atoms with Gasteiger partial charge in [0, 0.05) is 37.1 Å². The molecule has 1 N–H and O–H groups in total. The number of alkyl halides is 3. The monoisotopic (exact) mass is 364 g/mol. The van der Waals surface area contributed by atoms with Gasteiger partial charge in [0.2, 0.25) is 5.91 Å². The Morgan fingerprint density at radius 2 is 1.85 bits per heavy atom. The summed E-state index contributed by atoms with van der Waals surface area (Å²) in [5.41, 5.74) is 1.80. The molecule has 0 fully saturated rings. The fourth-order valence-corrected chi connectivity index (χ4v) is 2.29. The maximum Gasteiger partial charge on any atom is 0.453 e. The number of aryl methyl sites for hydroxylation is 1. The van der Waals surface area contributed by atoms with Crippen molar-refractivity contribution in [2.45, 2.75) is 20.0 Å². The highest BCUT2D eigenvalue weighted by molar-refractivity contribution is 5.91. The maximum absolute atomic E-state index is 12.9. The number of nitrogens with one attached hydrogen (secondary N) is 1. The first kappa shape index (κ1) is 17.6. The Morgan fingerprint density at radius 1 is 1.19 bits per heavy atom. The summed E-state index contributed by atoms with van der Waals surface area (Å²) < 4.78 is 39.6. The second kappa shape index (κ2) is 6.28. The van der Waals surface area contributed by atoms with E-state index in [9.17, 15) is 18.0 Å². The predicted octanol–water partition coefficient (Wildman–Crippen LogP) is 3.18. The third-order valence-electron chi connectivity index (χ3n) is 3.69. The molecule has 1 amide bonds. The number of aromatic nitrogens is 4. The van der Waals surface area contributed by atoms with Gasteiger partial charge in [-0.15, -0.1) is 5.10 Å². The number of hydrogen-bond donors (Lipinski definition) is 1. The Labute approximate surface area is 146 Å². The van der Waals surface area contributed by atoms with E-state index in [0.29, 0.717) is 22.9 Å². The highest BCUT2D eigenvalue weighted by Crippen LogP contribution is 2.28. The highest BCUT2D eigenvalue weighted by atomic mass is 19.4. The van der Waals surface area contributed by atoms with Crippen molar-refractivity contribution < 1.29 is 18.0 Å². The van der Waals surface area contributed by atoms with Crippen LogP contribution in [0.4, 0.5) is 30.4 Å². The molecule has 0 radical (unpaired) electrons. The zero-order valence-electron chi connectivity index (χ0n) is 14.2. The molecule has 0 saturated carbocycles. The van der Waals surface area contributed by atoms with Crippen molar-refractivity contribution in [2.24, 2.45) is 0 Å². The fourth-order valence-electron chi connectivity index (χ4n) is 2.29. The standard InChI is InChI=1S/C16H15F3N6O/c1-9-8-13(25-15(20-9)22-14(23-25)16(17,18)19)21-11-4-6-12(7-5-11)24(3)10(2)26/h4-8,21H,1-3H3. The Bertz CT molecular complexity index is 965. The van der Waals surface area contributed by atoms with Crippen molar-refractivity contribution in [1.29, 1.82) is 0 Å². The van der Waals surface area contributed by atoms with Crippen LogP contribution in [0.5, 0.6) is 0 Å². The quantitative estimate of drug-likeness (QED) is 0.773. The number of hydrogen-bond acceptors (Lipinski definition) is 5. The third-order valence-corrected chi connectivity index (χ3v) is 3.69. The lowest BCUT2D eigenvalue weighted by atomic mass is 10.2. The Hall–Kier alpha value is -3.17. The molecule has 136 valence electrons. The van der Waals surface area contributed by atoms with Gasteiger partial charge in [-0.25, -0.2) is 4.98 Å². The first-order valence-electron chi connectivity index (χ1n) is 7.58. The molecule has 0 saturated heterocycles. The van der Waals surface area contributed by atoms with E-state index in [1.54, 1.807) is 44.3 Å².